The van der Waals surface area contributed by atoms with Crippen molar-refractivity contribution in [2.24, 2.45) is 5.73 Å². The summed E-state index contributed by atoms with van der Waals surface area (Å²) in [5, 5.41) is 3.51. The third-order valence-electron chi connectivity index (χ3n) is 3.32. The van der Waals surface area contributed by atoms with Crippen LogP contribution in [0.2, 0.25) is 0 Å². The number of halogens is 1. The second-order valence-corrected chi connectivity index (χ2v) is 5.46. The molecular formula is C13H19BrN2O. The first-order valence-electron chi connectivity index (χ1n) is 6.06. The van der Waals surface area contributed by atoms with Crippen LogP contribution >= 0.6 is 15.9 Å². The molecule has 4 heteroatoms. The fourth-order valence-electron chi connectivity index (χ4n) is 2.33. The van der Waals surface area contributed by atoms with Gasteiger partial charge in [0.2, 0.25) is 0 Å². The lowest BCUT2D eigenvalue weighted by Crippen LogP contribution is -2.42. The molecule has 1 aromatic rings. The molecule has 2 unspecified atom stereocenters. The summed E-state index contributed by atoms with van der Waals surface area (Å²) in [6.07, 6.45) is 4.74. The number of nitrogens with one attached hydrogen (secondary N) is 1. The molecule has 3 nitrogen and oxygen atoms in total. The molecule has 2 atom stereocenters. The molecule has 0 aromatic heterocycles. The normalized spacial score (nSPS) is 24.4. The van der Waals surface area contributed by atoms with Crippen molar-refractivity contribution in [3.8, 4) is 5.75 Å². The number of ether oxygens (including phenoxy) is 1. The molecular weight excluding hydrogens is 280 g/mol. The monoisotopic (exact) mass is 298 g/mol. The third-order valence-corrected chi connectivity index (χ3v) is 3.82. The van der Waals surface area contributed by atoms with E-state index in [4.69, 9.17) is 10.5 Å². The number of benzene rings is 1. The average molecular weight is 299 g/mol. The van der Waals surface area contributed by atoms with Crippen LogP contribution in [0.3, 0.4) is 0 Å². The van der Waals surface area contributed by atoms with E-state index >= 15 is 0 Å². The molecule has 0 aliphatic heterocycles. The Balaban J connectivity index is 2.13. The predicted octanol–water partition coefficient (Wildman–Crippen LogP) is 3.14. The maximum atomic E-state index is 6.14. The molecule has 0 amide bonds. The maximum absolute atomic E-state index is 6.14. The van der Waals surface area contributed by atoms with Crippen LogP contribution in [-0.4, -0.2) is 19.2 Å². The van der Waals surface area contributed by atoms with E-state index in [1.165, 1.54) is 12.8 Å². The Labute approximate surface area is 111 Å². The molecule has 1 fully saturated rings. The molecule has 17 heavy (non-hydrogen) atoms. The van der Waals surface area contributed by atoms with Gasteiger partial charge in [-0.1, -0.05) is 28.8 Å². The van der Waals surface area contributed by atoms with Crippen LogP contribution in [0.15, 0.2) is 22.7 Å². The lowest BCUT2D eigenvalue weighted by Gasteiger charge is -2.30. The van der Waals surface area contributed by atoms with Crippen LogP contribution in [0.1, 0.15) is 25.7 Å². The zero-order chi connectivity index (χ0) is 12.3. The molecule has 1 aliphatic rings. The first-order chi connectivity index (χ1) is 8.20. The van der Waals surface area contributed by atoms with Gasteiger partial charge in [0, 0.05) is 16.6 Å². The van der Waals surface area contributed by atoms with Crippen molar-refractivity contribution in [3.63, 3.8) is 0 Å². The molecule has 0 spiro atoms. The molecule has 0 saturated heterocycles. The van der Waals surface area contributed by atoms with E-state index in [1.54, 1.807) is 7.11 Å². The number of hydrogen-bond donors (Lipinski definition) is 2. The van der Waals surface area contributed by atoms with Crippen molar-refractivity contribution in [2.45, 2.75) is 37.8 Å². The van der Waals surface area contributed by atoms with Gasteiger partial charge in [0.15, 0.2) is 0 Å². The molecule has 2 rings (SSSR count). The summed E-state index contributed by atoms with van der Waals surface area (Å²) >= 11 is 3.48. The van der Waals surface area contributed by atoms with Crippen molar-refractivity contribution >= 4 is 21.6 Å². The second kappa shape index (κ2) is 5.74. The van der Waals surface area contributed by atoms with Crippen molar-refractivity contribution in [1.82, 2.24) is 0 Å². The van der Waals surface area contributed by atoms with Gasteiger partial charge in [-0.2, -0.15) is 0 Å². The van der Waals surface area contributed by atoms with Crippen molar-refractivity contribution in [1.29, 1.82) is 0 Å². The van der Waals surface area contributed by atoms with Gasteiger partial charge in [-0.25, -0.2) is 0 Å². The lowest BCUT2D eigenvalue weighted by molar-refractivity contribution is 0.396. The highest BCUT2D eigenvalue weighted by molar-refractivity contribution is 9.10. The summed E-state index contributed by atoms with van der Waals surface area (Å²) < 4.78 is 6.40. The Hall–Kier alpha value is -0.740. The Morgan fingerprint density at radius 2 is 2.12 bits per heavy atom. The Morgan fingerprint density at radius 1 is 1.35 bits per heavy atom. The van der Waals surface area contributed by atoms with Gasteiger partial charge in [-0.05, 0) is 31.0 Å². The van der Waals surface area contributed by atoms with Gasteiger partial charge in [0.1, 0.15) is 5.75 Å². The first-order valence-corrected chi connectivity index (χ1v) is 6.85. The van der Waals surface area contributed by atoms with Crippen LogP contribution in [0.5, 0.6) is 5.75 Å². The maximum Gasteiger partial charge on any atom is 0.142 e. The van der Waals surface area contributed by atoms with Gasteiger partial charge in [-0.15, -0.1) is 0 Å². The zero-order valence-electron chi connectivity index (χ0n) is 10.1. The highest BCUT2D eigenvalue weighted by Crippen LogP contribution is 2.30. The van der Waals surface area contributed by atoms with Crippen molar-refractivity contribution in [3.05, 3.63) is 22.7 Å². The van der Waals surface area contributed by atoms with Crippen molar-refractivity contribution < 1.29 is 4.74 Å². The van der Waals surface area contributed by atoms with Gasteiger partial charge < -0.3 is 15.8 Å². The second-order valence-electron chi connectivity index (χ2n) is 4.54. The summed E-state index contributed by atoms with van der Waals surface area (Å²) in [5.41, 5.74) is 7.16. The summed E-state index contributed by atoms with van der Waals surface area (Å²) in [6, 6.07) is 6.57. The van der Waals surface area contributed by atoms with Crippen LogP contribution < -0.4 is 15.8 Å². The van der Waals surface area contributed by atoms with Gasteiger partial charge >= 0.3 is 0 Å². The molecule has 94 valence electrons. The smallest absolute Gasteiger partial charge is 0.142 e. The lowest BCUT2D eigenvalue weighted by atomic mass is 9.91. The molecule has 1 aliphatic carbocycles. The molecule has 0 heterocycles. The summed E-state index contributed by atoms with van der Waals surface area (Å²) in [5.74, 6) is 0.867. The van der Waals surface area contributed by atoms with E-state index in [2.05, 4.69) is 21.2 Å². The number of rotatable bonds is 3. The van der Waals surface area contributed by atoms with Crippen LogP contribution in [0.25, 0.3) is 0 Å². The van der Waals surface area contributed by atoms with E-state index in [9.17, 15) is 0 Å². The van der Waals surface area contributed by atoms with Gasteiger partial charge in [0.05, 0.1) is 12.8 Å². The van der Waals surface area contributed by atoms with E-state index < -0.39 is 0 Å². The van der Waals surface area contributed by atoms with E-state index in [1.807, 2.05) is 18.2 Å². The highest BCUT2D eigenvalue weighted by Gasteiger charge is 2.22. The molecule has 1 aromatic carbocycles. The Morgan fingerprint density at radius 3 is 2.82 bits per heavy atom. The largest absolute Gasteiger partial charge is 0.495 e. The van der Waals surface area contributed by atoms with E-state index in [-0.39, 0.29) is 6.04 Å². The number of methoxy groups -OCH3 is 1. The third kappa shape index (κ3) is 3.13. The number of hydrogen-bond acceptors (Lipinski definition) is 3. The Kier molecular flexibility index (Phi) is 4.29. The van der Waals surface area contributed by atoms with Gasteiger partial charge in [-0.3, -0.25) is 0 Å². The number of anilines is 1. The minimum atomic E-state index is 0.243. The quantitative estimate of drug-likeness (QED) is 0.901. The topological polar surface area (TPSA) is 47.3 Å². The minimum absolute atomic E-state index is 0.243. The summed E-state index contributed by atoms with van der Waals surface area (Å²) in [4.78, 5) is 0. The predicted molar refractivity (Wildman–Crippen MR) is 74.5 cm³/mol. The molecule has 0 radical (unpaired) electrons. The summed E-state index contributed by atoms with van der Waals surface area (Å²) in [7, 11) is 1.69. The van der Waals surface area contributed by atoms with Crippen LogP contribution in [-0.2, 0) is 0 Å². The standard InChI is InChI=1S/C13H19BrN2O/c1-17-13-7-6-9(14)8-12(13)16-11-5-3-2-4-10(11)15/h6-8,10-11,16H,2-5,15H2,1H3. The number of nitrogens with two attached hydrogens (primary N) is 1. The van der Waals surface area contributed by atoms with Crippen molar-refractivity contribution in [2.75, 3.05) is 12.4 Å². The average Bonchev–Trinajstić information content (AvgIpc) is 2.32. The van der Waals surface area contributed by atoms with Gasteiger partial charge in [0.25, 0.3) is 0 Å². The van der Waals surface area contributed by atoms with E-state index in [0.717, 1.165) is 28.8 Å². The Bertz CT molecular complexity index is 384. The molecule has 1 saturated carbocycles. The first kappa shape index (κ1) is 12.7. The highest BCUT2D eigenvalue weighted by atomic mass is 79.9. The minimum Gasteiger partial charge on any atom is -0.495 e. The fraction of sp³-hybridized carbons (Fsp3) is 0.538. The van der Waals surface area contributed by atoms with Crippen LogP contribution in [0, 0.1) is 0 Å². The molecule has 3 N–H and O–H groups in total. The zero-order valence-corrected chi connectivity index (χ0v) is 11.7. The molecule has 0 bridgehead atoms. The SMILES string of the molecule is COc1ccc(Br)cc1NC1CCCCC1N. The van der Waals surface area contributed by atoms with Crippen LogP contribution in [0.4, 0.5) is 5.69 Å². The fourth-order valence-corrected chi connectivity index (χ4v) is 2.69. The summed E-state index contributed by atoms with van der Waals surface area (Å²) in [6.45, 7) is 0. The van der Waals surface area contributed by atoms with E-state index in [0.29, 0.717) is 6.04 Å².